The van der Waals surface area contributed by atoms with Crippen molar-refractivity contribution in [3.05, 3.63) is 17.7 Å². The topological polar surface area (TPSA) is 59.0 Å². The average molecular weight is 330 g/mol. The fourth-order valence-electron chi connectivity index (χ4n) is 4.42. The lowest BCUT2D eigenvalue weighted by Gasteiger charge is -2.26. The normalized spacial score (nSPS) is 28.5. The largest absolute Gasteiger partial charge is 0.351 e. The highest BCUT2D eigenvalue weighted by molar-refractivity contribution is 5.82. The molecule has 3 aliphatic rings. The van der Waals surface area contributed by atoms with E-state index in [1.54, 1.807) is 0 Å². The lowest BCUT2D eigenvalue weighted by Crippen LogP contribution is -2.43. The number of piperidine rings is 1. The van der Waals surface area contributed by atoms with Crippen LogP contribution in [0, 0.1) is 11.3 Å². The first-order valence-corrected chi connectivity index (χ1v) is 9.45. The smallest absolute Gasteiger partial charge is 0.223 e. The molecule has 3 heterocycles. The monoisotopic (exact) mass is 330 g/mol. The predicted octanol–water partition coefficient (Wildman–Crippen LogP) is 2.00. The zero-order chi connectivity index (χ0) is 16.9. The van der Waals surface area contributed by atoms with Gasteiger partial charge in [0.05, 0.1) is 5.69 Å². The van der Waals surface area contributed by atoms with Crippen LogP contribution in [0.5, 0.6) is 0 Å². The van der Waals surface area contributed by atoms with Crippen molar-refractivity contribution >= 4 is 5.91 Å². The van der Waals surface area contributed by atoms with Crippen LogP contribution in [0.25, 0.3) is 0 Å². The van der Waals surface area contributed by atoms with Crippen molar-refractivity contribution in [1.82, 2.24) is 20.2 Å². The summed E-state index contributed by atoms with van der Waals surface area (Å²) in [5.74, 6) is 1.72. The van der Waals surface area contributed by atoms with Crippen LogP contribution in [-0.4, -0.2) is 34.6 Å². The number of aryl methyl sites for hydroxylation is 1. The van der Waals surface area contributed by atoms with Crippen LogP contribution in [0.3, 0.4) is 0 Å². The van der Waals surface area contributed by atoms with Gasteiger partial charge in [0.15, 0.2) is 0 Å². The third kappa shape index (κ3) is 2.87. The van der Waals surface area contributed by atoms with E-state index in [4.69, 9.17) is 4.98 Å². The van der Waals surface area contributed by atoms with Gasteiger partial charge in [-0.05, 0) is 44.2 Å². The van der Waals surface area contributed by atoms with Crippen molar-refractivity contribution in [2.75, 3.05) is 13.1 Å². The molecule has 24 heavy (non-hydrogen) atoms. The second kappa shape index (κ2) is 5.58. The van der Waals surface area contributed by atoms with Crippen molar-refractivity contribution in [3.8, 4) is 0 Å². The molecule has 2 fully saturated rings. The first kappa shape index (κ1) is 16.1. The van der Waals surface area contributed by atoms with E-state index >= 15 is 0 Å². The summed E-state index contributed by atoms with van der Waals surface area (Å²) in [7, 11) is 0. The highest BCUT2D eigenvalue weighted by Gasteiger charge is 2.57. The lowest BCUT2D eigenvalue weighted by molar-refractivity contribution is -0.124. The fraction of sp³-hybridized carbons (Fsp3) is 0.789. The SMILES string of the molecule is CC(C)(C)c1cn2c(n1)CCC(NC(=O)C1CC13CCNCC3)C2. The number of amides is 1. The minimum atomic E-state index is 0.0818. The molecule has 1 aromatic rings. The van der Waals surface area contributed by atoms with Crippen LogP contribution < -0.4 is 10.6 Å². The van der Waals surface area contributed by atoms with Gasteiger partial charge < -0.3 is 15.2 Å². The zero-order valence-electron chi connectivity index (χ0n) is 15.2. The van der Waals surface area contributed by atoms with E-state index in [9.17, 15) is 4.79 Å². The maximum Gasteiger partial charge on any atom is 0.223 e. The molecule has 2 N–H and O–H groups in total. The summed E-state index contributed by atoms with van der Waals surface area (Å²) >= 11 is 0. The summed E-state index contributed by atoms with van der Waals surface area (Å²) in [5, 5.41) is 6.74. The number of carbonyl (C=O) groups is 1. The molecule has 5 heteroatoms. The summed E-state index contributed by atoms with van der Waals surface area (Å²) in [4.78, 5) is 17.5. The van der Waals surface area contributed by atoms with Crippen LogP contribution >= 0.6 is 0 Å². The number of hydrogen-bond donors (Lipinski definition) is 2. The molecule has 1 aliphatic carbocycles. The molecule has 0 aromatic carbocycles. The van der Waals surface area contributed by atoms with Gasteiger partial charge in [-0.3, -0.25) is 4.79 Å². The van der Waals surface area contributed by atoms with Gasteiger partial charge in [-0.15, -0.1) is 0 Å². The Hall–Kier alpha value is -1.36. The first-order valence-electron chi connectivity index (χ1n) is 9.45. The quantitative estimate of drug-likeness (QED) is 0.872. The minimum absolute atomic E-state index is 0.0818. The average Bonchev–Trinajstić information content (AvgIpc) is 3.04. The van der Waals surface area contributed by atoms with E-state index < -0.39 is 0 Å². The molecule has 0 bridgehead atoms. The van der Waals surface area contributed by atoms with Gasteiger partial charge in [0.25, 0.3) is 0 Å². The predicted molar refractivity (Wildman–Crippen MR) is 93.8 cm³/mol. The molecule has 1 saturated carbocycles. The number of nitrogens with one attached hydrogen (secondary N) is 2. The molecule has 1 aromatic heterocycles. The Bertz CT molecular complexity index is 636. The highest BCUT2D eigenvalue weighted by Crippen LogP contribution is 2.58. The van der Waals surface area contributed by atoms with Gasteiger partial charge in [-0.1, -0.05) is 20.8 Å². The standard InChI is InChI=1S/C19H30N4O/c1-18(2,3)15-12-23-11-13(4-5-16(23)22-15)21-17(24)14-10-19(14)6-8-20-9-7-19/h12-14,20H,4-11H2,1-3H3,(H,21,24). The number of fused-ring (bicyclic) bond motifs is 1. The van der Waals surface area contributed by atoms with Crippen molar-refractivity contribution in [2.24, 2.45) is 11.3 Å². The minimum Gasteiger partial charge on any atom is -0.351 e. The molecular weight excluding hydrogens is 300 g/mol. The van der Waals surface area contributed by atoms with Gasteiger partial charge in [-0.25, -0.2) is 4.98 Å². The number of carbonyl (C=O) groups excluding carboxylic acids is 1. The Kier molecular flexibility index (Phi) is 3.75. The Morgan fingerprint density at radius 3 is 2.83 bits per heavy atom. The Morgan fingerprint density at radius 2 is 2.12 bits per heavy atom. The molecule has 1 saturated heterocycles. The maximum absolute atomic E-state index is 12.7. The lowest BCUT2D eigenvalue weighted by atomic mass is 9.91. The Morgan fingerprint density at radius 1 is 1.38 bits per heavy atom. The van der Waals surface area contributed by atoms with Crippen LogP contribution in [0.15, 0.2) is 6.20 Å². The second-order valence-electron chi connectivity index (χ2n) is 9.06. The molecule has 0 radical (unpaired) electrons. The van der Waals surface area contributed by atoms with E-state index in [-0.39, 0.29) is 17.4 Å². The number of nitrogens with zero attached hydrogens (tertiary/aromatic N) is 2. The summed E-state index contributed by atoms with van der Waals surface area (Å²) in [6, 6.07) is 0.256. The summed E-state index contributed by atoms with van der Waals surface area (Å²) < 4.78 is 2.25. The van der Waals surface area contributed by atoms with E-state index in [1.807, 2.05) is 0 Å². The van der Waals surface area contributed by atoms with E-state index in [2.05, 4.69) is 42.2 Å². The fourth-order valence-corrected chi connectivity index (χ4v) is 4.42. The molecule has 1 spiro atoms. The van der Waals surface area contributed by atoms with Crippen molar-refractivity contribution in [3.63, 3.8) is 0 Å². The van der Waals surface area contributed by atoms with Gasteiger partial charge in [0.1, 0.15) is 5.82 Å². The molecule has 2 aliphatic heterocycles. The maximum atomic E-state index is 12.7. The Labute approximate surface area is 144 Å². The highest BCUT2D eigenvalue weighted by atomic mass is 16.2. The third-order valence-corrected chi connectivity index (χ3v) is 6.21. The van der Waals surface area contributed by atoms with E-state index in [0.717, 1.165) is 57.4 Å². The van der Waals surface area contributed by atoms with Gasteiger partial charge in [0.2, 0.25) is 5.91 Å². The number of rotatable bonds is 2. The van der Waals surface area contributed by atoms with Crippen LogP contribution in [-0.2, 0) is 23.2 Å². The zero-order valence-corrected chi connectivity index (χ0v) is 15.2. The molecule has 2 atom stereocenters. The Balaban J connectivity index is 1.37. The second-order valence-corrected chi connectivity index (χ2v) is 9.06. The van der Waals surface area contributed by atoms with E-state index in [0.29, 0.717) is 11.3 Å². The van der Waals surface area contributed by atoms with Crippen molar-refractivity contribution in [1.29, 1.82) is 0 Å². The van der Waals surface area contributed by atoms with Gasteiger partial charge in [0, 0.05) is 36.5 Å². The molecule has 4 rings (SSSR count). The van der Waals surface area contributed by atoms with Crippen molar-refractivity contribution < 1.29 is 4.79 Å². The van der Waals surface area contributed by atoms with E-state index in [1.165, 1.54) is 5.82 Å². The van der Waals surface area contributed by atoms with Crippen molar-refractivity contribution in [2.45, 2.75) is 70.9 Å². The first-order chi connectivity index (χ1) is 11.4. The number of hydrogen-bond acceptors (Lipinski definition) is 3. The van der Waals surface area contributed by atoms with Gasteiger partial charge >= 0.3 is 0 Å². The summed E-state index contributed by atoms with van der Waals surface area (Å²) in [6.45, 7) is 9.61. The van der Waals surface area contributed by atoms with Gasteiger partial charge in [-0.2, -0.15) is 0 Å². The summed E-state index contributed by atoms with van der Waals surface area (Å²) in [5.41, 5.74) is 1.56. The number of aromatic nitrogens is 2. The number of imidazole rings is 1. The summed E-state index contributed by atoms with van der Waals surface area (Å²) in [6.07, 6.45) is 7.57. The molecule has 2 unspecified atom stereocenters. The molecular formula is C19H30N4O. The van der Waals surface area contributed by atoms with Crippen LogP contribution in [0.2, 0.25) is 0 Å². The molecule has 132 valence electrons. The molecule has 1 amide bonds. The van der Waals surface area contributed by atoms with Crippen LogP contribution in [0.1, 0.15) is 58.0 Å². The third-order valence-electron chi connectivity index (χ3n) is 6.21. The molecule has 5 nitrogen and oxygen atoms in total. The van der Waals surface area contributed by atoms with Crippen LogP contribution in [0.4, 0.5) is 0 Å².